The molecule has 0 spiro atoms. The van der Waals surface area contributed by atoms with Crippen molar-refractivity contribution in [1.82, 2.24) is 4.31 Å². The average Bonchev–Trinajstić information content (AvgIpc) is 2.67. The van der Waals surface area contributed by atoms with E-state index in [4.69, 9.17) is 5.73 Å². The Morgan fingerprint density at radius 3 is 2.53 bits per heavy atom. The highest BCUT2D eigenvalue weighted by molar-refractivity contribution is 7.89. The summed E-state index contributed by atoms with van der Waals surface area (Å²) < 4.78 is 26.7. The van der Waals surface area contributed by atoms with Crippen molar-refractivity contribution in [3.63, 3.8) is 0 Å². The minimum absolute atomic E-state index is 0.238. The van der Waals surface area contributed by atoms with E-state index in [1.54, 1.807) is 0 Å². The van der Waals surface area contributed by atoms with E-state index in [1.165, 1.54) is 29.7 Å². The standard InChI is InChI=1S/C11H14N2O2S2/c1-13(2)17(14,15)11-8-5-3-4-6-9(8)16-10(11)7-12/h3-6H,7,12H2,1-2H3. The molecule has 1 aromatic heterocycles. The molecule has 0 atom stereocenters. The van der Waals surface area contributed by atoms with Gasteiger partial charge in [-0.15, -0.1) is 11.3 Å². The minimum Gasteiger partial charge on any atom is -0.326 e. The molecule has 2 rings (SSSR count). The zero-order valence-electron chi connectivity index (χ0n) is 9.67. The van der Waals surface area contributed by atoms with E-state index in [0.717, 1.165) is 10.1 Å². The van der Waals surface area contributed by atoms with Crippen LogP contribution in [-0.4, -0.2) is 26.8 Å². The third-order valence-electron chi connectivity index (χ3n) is 2.54. The molecule has 0 aliphatic rings. The molecule has 0 saturated carbocycles. The molecule has 6 heteroatoms. The van der Waals surface area contributed by atoms with Gasteiger partial charge in [0.05, 0.1) is 0 Å². The van der Waals surface area contributed by atoms with Gasteiger partial charge in [0.25, 0.3) is 0 Å². The highest BCUT2D eigenvalue weighted by atomic mass is 32.2. The molecular formula is C11H14N2O2S2. The molecule has 0 aliphatic heterocycles. The Bertz CT molecular complexity index is 645. The molecule has 0 bridgehead atoms. The molecule has 0 aliphatic carbocycles. The van der Waals surface area contributed by atoms with Crippen molar-refractivity contribution in [2.75, 3.05) is 14.1 Å². The van der Waals surface area contributed by atoms with Gasteiger partial charge in [0.15, 0.2) is 0 Å². The van der Waals surface area contributed by atoms with E-state index in [2.05, 4.69) is 0 Å². The van der Waals surface area contributed by atoms with Crippen LogP contribution in [0.2, 0.25) is 0 Å². The Kier molecular flexibility index (Phi) is 3.22. The van der Waals surface area contributed by atoms with Gasteiger partial charge in [-0.1, -0.05) is 18.2 Å². The number of nitrogens with two attached hydrogens (primary N) is 1. The predicted molar refractivity (Wildman–Crippen MR) is 70.6 cm³/mol. The number of rotatable bonds is 3. The lowest BCUT2D eigenvalue weighted by Gasteiger charge is -2.12. The van der Waals surface area contributed by atoms with Gasteiger partial charge in [-0.2, -0.15) is 0 Å². The number of benzene rings is 1. The molecule has 2 N–H and O–H groups in total. The van der Waals surface area contributed by atoms with E-state index in [-0.39, 0.29) is 6.54 Å². The summed E-state index contributed by atoms with van der Waals surface area (Å²) in [5.41, 5.74) is 5.64. The summed E-state index contributed by atoms with van der Waals surface area (Å²) in [4.78, 5) is 1.06. The molecule has 0 fully saturated rings. The minimum atomic E-state index is -3.44. The number of sulfonamides is 1. The van der Waals surface area contributed by atoms with Crippen molar-refractivity contribution < 1.29 is 8.42 Å². The van der Waals surface area contributed by atoms with Gasteiger partial charge in [-0.3, -0.25) is 0 Å². The van der Waals surface area contributed by atoms with Gasteiger partial charge < -0.3 is 5.73 Å². The molecule has 92 valence electrons. The molecule has 0 saturated heterocycles. The van der Waals surface area contributed by atoms with E-state index in [1.807, 2.05) is 24.3 Å². The van der Waals surface area contributed by atoms with E-state index < -0.39 is 10.0 Å². The molecule has 1 aromatic carbocycles. The van der Waals surface area contributed by atoms with E-state index >= 15 is 0 Å². The van der Waals surface area contributed by atoms with Crippen LogP contribution >= 0.6 is 11.3 Å². The van der Waals surface area contributed by atoms with Crippen molar-refractivity contribution in [3.8, 4) is 0 Å². The van der Waals surface area contributed by atoms with Crippen LogP contribution in [0.15, 0.2) is 29.2 Å². The summed E-state index contributed by atoms with van der Waals surface area (Å²) in [5, 5.41) is 0.756. The average molecular weight is 270 g/mol. The van der Waals surface area contributed by atoms with Gasteiger partial charge in [0.1, 0.15) is 4.90 Å². The molecule has 2 aromatic rings. The zero-order chi connectivity index (χ0) is 12.6. The lowest BCUT2D eigenvalue weighted by Crippen LogP contribution is -2.23. The monoisotopic (exact) mass is 270 g/mol. The zero-order valence-corrected chi connectivity index (χ0v) is 11.3. The third-order valence-corrected chi connectivity index (χ3v) is 5.81. The second kappa shape index (κ2) is 4.38. The molecule has 0 unspecified atom stereocenters. The topological polar surface area (TPSA) is 63.4 Å². The van der Waals surface area contributed by atoms with Gasteiger partial charge in [-0.25, -0.2) is 12.7 Å². The van der Waals surface area contributed by atoms with Crippen LogP contribution in [0.1, 0.15) is 4.88 Å². The summed E-state index contributed by atoms with van der Waals surface area (Å²) >= 11 is 1.44. The van der Waals surface area contributed by atoms with Crippen LogP contribution in [-0.2, 0) is 16.6 Å². The summed E-state index contributed by atoms with van der Waals surface area (Å²) in [6.07, 6.45) is 0. The van der Waals surface area contributed by atoms with Gasteiger partial charge >= 0.3 is 0 Å². The quantitative estimate of drug-likeness (QED) is 0.921. The SMILES string of the molecule is CN(C)S(=O)(=O)c1c(CN)sc2ccccc12. The lowest BCUT2D eigenvalue weighted by molar-refractivity contribution is 0.521. The molecule has 4 nitrogen and oxygen atoms in total. The van der Waals surface area contributed by atoms with Gasteiger partial charge in [0, 0.05) is 35.6 Å². The van der Waals surface area contributed by atoms with Crippen LogP contribution in [0.25, 0.3) is 10.1 Å². The fraction of sp³-hybridized carbons (Fsp3) is 0.273. The molecule has 0 radical (unpaired) electrons. The second-order valence-corrected chi connectivity index (χ2v) is 7.07. The summed E-state index contributed by atoms with van der Waals surface area (Å²) in [5.74, 6) is 0. The Morgan fingerprint density at radius 1 is 1.29 bits per heavy atom. The second-order valence-electron chi connectivity index (χ2n) is 3.84. The summed E-state index contributed by atoms with van der Waals surface area (Å²) in [7, 11) is -0.380. The van der Waals surface area contributed by atoms with Crippen molar-refractivity contribution in [3.05, 3.63) is 29.1 Å². The van der Waals surface area contributed by atoms with E-state index in [0.29, 0.717) is 9.77 Å². The Labute approximate surface area is 105 Å². The van der Waals surface area contributed by atoms with Crippen LogP contribution < -0.4 is 5.73 Å². The number of fused-ring (bicyclic) bond motifs is 1. The van der Waals surface area contributed by atoms with Crippen LogP contribution in [0.3, 0.4) is 0 Å². The van der Waals surface area contributed by atoms with E-state index in [9.17, 15) is 8.42 Å². The van der Waals surface area contributed by atoms with Crippen molar-refractivity contribution in [1.29, 1.82) is 0 Å². The summed E-state index contributed by atoms with van der Waals surface area (Å²) in [6.45, 7) is 0.238. The smallest absolute Gasteiger partial charge is 0.244 e. The maximum Gasteiger partial charge on any atom is 0.244 e. The first-order chi connectivity index (χ1) is 7.98. The highest BCUT2D eigenvalue weighted by Crippen LogP contribution is 2.35. The first kappa shape index (κ1) is 12.5. The molecule has 17 heavy (non-hydrogen) atoms. The summed E-state index contributed by atoms with van der Waals surface area (Å²) in [6, 6.07) is 7.46. The fourth-order valence-electron chi connectivity index (χ4n) is 1.67. The predicted octanol–water partition coefficient (Wildman–Crippen LogP) is 1.61. The Hall–Kier alpha value is -0.950. The largest absolute Gasteiger partial charge is 0.326 e. The Balaban J connectivity index is 2.84. The third kappa shape index (κ3) is 1.97. The molecular weight excluding hydrogens is 256 g/mol. The number of hydrogen-bond donors (Lipinski definition) is 1. The number of thiophene rings is 1. The Morgan fingerprint density at radius 2 is 1.94 bits per heavy atom. The van der Waals surface area contributed by atoms with Gasteiger partial charge in [-0.05, 0) is 6.07 Å². The van der Waals surface area contributed by atoms with Crippen molar-refractivity contribution in [2.45, 2.75) is 11.4 Å². The first-order valence-corrected chi connectivity index (χ1v) is 7.37. The molecule has 1 heterocycles. The van der Waals surface area contributed by atoms with Crippen LogP contribution in [0, 0.1) is 0 Å². The first-order valence-electron chi connectivity index (χ1n) is 5.11. The van der Waals surface area contributed by atoms with Crippen LogP contribution in [0.5, 0.6) is 0 Å². The van der Waals surface area contributed by atoms with Gasteiger partial charge in [0.2, 0.25) is 10.0 Å². The number of nitrogens with zero attached hydrogens (tertiary/aromatic N) is 1. The highest BCUT2D eigenvalue weighted by Gasteiger charge is 2.25. The maximum atomic E-state index is 12.3. The van der Waals surface area contributed by atoms with Crippen LogP contribution in [0.4, 0.5) is 0 Å². The van der Waals surface area contributed by atoms with Crippen molar-refractivity contribution in [2.24, 2.45) is 5.73 Å². The molecule has 0 amide bonds. The normalized spacial score (nSPS) is 12.5. The number of hydrogen-bond acceptors (Lipinski definition) is 4. The maximum absolute atomic E-state index is 12.3. The lowest BCUT2D eigenvalue weighted by atomic mass is 10.2. The van der Waals surface area contributed by atoms with Crippen molar-refractivity contribution >= 4 is 31.4 Å². The fourth-order valence-corrected chi connectivity index (χ4v) is 4.35.